The molecule has 0 saturated carbocycles. The minimum atomic E-state index is 0.0376. The number of benzene rings is 11. The molecule has 0 saturated heterocycles. The zero-order valence-corrected chi connectivity index (χ0v) is 45.5. The van der Waals surface area contributed by atoms with E-state index >= 15 is 0 Å². The van der Waals surface area contributed by atoms with E-state index in [1.807, 2.05) is 0 Å². The molecule has 0 fully saturated rings. The first-order valence-corrected chi connectivity index (χ1v) is 27.1. The lowest BCUT2D eigenvalue weighted by Gasteiger charge is -2.21. The average Bonchev–Trinajstić information content (AvgIpc) is 3.96. The molecule has 13 rings (SSSR count). The van der Waals surface area contributed by atoms with Gasteiger partial charge in [0.25, 0.3) is 0 Å². The molecule has 370 valence electrons. The maximum absolute atomic E-state index is 2.44. The van der Waals surface area contributed by atoms with E-state index in [-0.39, 0.29) is 10.8 Å². The van der Waals surface area contributed by atoms with Gasteiger partial charge in [-0.3, -0.25) is 0 Å². The quantitative estimate of drug-likeness (QED) is 0.147. The zero-order chi connectivity index (χ0) is 52.4. The summed E-state index contributed by atoms with van der Waals surface area (Å²) in [6, 6.07) is 78.2. The van der Waals surface area contributed by atoms with Gasteiger partial charge in [-0.2, -0.15) is 0 Å². The first-order valence-electron chi connectivity index (χ1n) is 27.1. The molecule has 0 spiro atoms. The van der Waals surface area contributed by atoms with Gasteiger partial charge in [0.2, 0.25) is 0 Å². The summed E-state index contributed by atoms with van der Waals surface area (Å²) in [5, 5.41) is 10.2. The monoisotopic (exact) mass is 981 g/mol. The fourth-order valence-electron chi connectivity index (χ4n) is 12.1. The third-order valence-electron chi connectivity index (χ3n) is 16.6. The van der Waals surface area contributed by atoms with Crippen LogP contribution in [-0.4, -0.2) is 9.13 Å². The van der Waals surface area contributed by atoms with Crippen molar-refractivity contribution in [1.29, 1.82) is 0 Å². The molecule has 11 aromatic carbocycles. The summed E-state index contributed by atoms with van der Waals surface area (Å²) in [5.41, 5.74) is 25.1. The molecule has 13 aromatic rings. The summed E-state index contributed by atoms with van der Waals surface area (Å²) in [5.74, 6) is 0. The predicted octanol–water partition coefficient (Wildman–Crippen LogP) is 20.7. The van der Waals surface area contributed by atoms with Gasteiger partial charge in [0.1, 0.15) is 0 Å². The van der Waals surface area contributed by atoms with Crippen LogP contribution in [0.25, 0.3) is 121 Å². The Morgan fingerprint density at radius 3 is 0.842 bits per heavy atom. The van der Waals surface area contributed by atoms with Crippen molar-refractivity contribution in [3.63, 3.8) is 0 Å². The third kappa shape index (κ3) is 7.76. The fourth-order valence-corrected chi connectivity index (χ4v) is 12.1. The van der Waals surface area contributed by atoms with Crippen molar-refractivity contribution in [2.45, 2.75) is 80.1 Å². The Labute approximate surface area is 447 Å². The highest BCUT2D eigenvalue weighted by molar-refractivity contribution is 6.22. The molecule has 0 aliphatic carbocycles. The summed E-state index contributed by atoms with van der Waals surface area (Å²) in [6.07, 6.45) is 0. The smallest absolute Gasteiger partial charge is 0.0541 e. The SMILES string of the molecule is Cc1cc2c(-c3ccc(-c4ccc5c(c4)c4cc(C(C)(C)C)ccc4n5-c4ccccc4)cc3)c3cc(C)c(C)cc3c(-c3ccc(-c4ccc5c(c4)c4cc(C(C)(C)C)ccc4n5-c4ccccc4)cc3)c2cc1C. The molecule has 2 aromatic heterocycles. The first kappa shape index (κ1) is 47.3. The Bertz CT molecular complexity index is 4100. The standard InChI is InChI=1S/C74H64N2/c1-45-37-63-64(38-46(45)2)72(52-27-23-50(24-28-52)54-30-34-68-60(42-54)62-44-56(74(8,9)10)32-36-70(62)76(68)58-19-15-12-16-20-58)66-40-48(4)47(3)39-65(66)71(63)51-25-21-49(22-26-51)53-29-33-67-59(41-53)61-43-55(73(5,6)7)31-35-69(61)75(67)57-17-13-11-14-18-57/h11-44H,1-10H3. The second-order valence-corrected chi connectivity index (χ2v) is 23.6. The topological polar surface area (TPSA) is 9.86 Å². The van der Waals surface area contributed by atoms with E-state index in [4.69, 9.17) is 0 Å². The number of para-hydroxylation sites is 2. The van der Waals surface area contributed by atoms with Crippen molar-refractivity contribution < 1.29 is 0 Å². The summed E-state index contributed by atoms with van der Waals surface area (Å²) in [7, 11) is 0. The number of rotatable bonds is 6. The van der Waals surface area contributed by atoms with Crippen molar-refractivity contribution in [3.8, 4) is 55.9 Å². The minimum Gasteiger partial charge on any atom is -0.309 e. The van der Waals surface area contributed by atoms with E-state index < -0.39 is 0 Å². The van der Waals surface area contributed by atoms with E-state index in [0.717, 1.165) is 0 Å². The van der Waals surface area contributed by atoms with E-state index in [2.05, 4.69) is 285 Å². The van der Waals surface area contributed by atoms with Crippen LogP contribution in [0.5, 0.6) is 0 Å². The maximum atomic E-state index is 2.44. The van der Waals surface area contributed by atoms with Crippen LogP contribution in [0, 0.1) is 27.7 Å². The van der Waals surface area contributed by atoms with Crippen LogP contribution in [0.4, 0.5) is 0 Å². The number of aryl methyl sites for hydroxylation is 4. The molecule has 0 unspecified atom stereocenters. The molecule has 0 radical (unpaired) electrons. The van der Waals surface area contributed by atoms with Crippen LogP contribution in [0.15, 0.2) is 206 Å². The van der Waals surface area contributed by atoms with Crippen molar-refractivity contribution in [2.24, 2.45) is 0 Å². The Kier molecular flexibility index (Phi) is 10.9. The Balaban J connectivity index is 0.930. The molecular formula is C74H64N2. The van der Waals surface area contributed by atoms with E-state index in [9.17, 15) is 0 Å². The van der Waals surface area contributed by atoms with Crippen molar-refractivity contribution in [3.05, 3.63) is 240 Å². The molecule has 0 aliphatic heterocycles. The van der Waals surface area contributed by atoms with Crippen LogP contribution in [0.2, 0.25) is 0 Å². The van der Waals surface area contributed by atoms with Gasteiger partial charge < -0.3 is 9.13 Å². The van der Waals surface area contributed by atoms with Crippen molar-refractivity contribution in [1.82, 2.24) is 9.13 Å². The average molecular weight is 981 g/mol. The lowest BCUT2D eigenvalue weighted by atomic mass is 9.83. The normalized spacial score (nSPS) is 12.3. The molecule has 0 amide bonds. The van der Waals surface area contributed by atoms with Crippen LogP contribution in [0.1, 0.15) is 74.9 Å². The lowest BCUT2D eigenvalue weighted by molar-refractivity contribution is 0.591. The van der Waals surface area contributed by atoms with Crippen LogP contribution in [-0.2, 0) is 10.8 Å². The molecule has 0 N–H and O–H groups in total. The number of aromatic nitrogens is 2. The zero-order valence-electron chi connectivity index (χ0n) is 45.5. The Morgan fingerprint density at radius 2 is 0.526 bits per heavy atom. The molecule has 0 bridgehead atoms. The summed E-state index contributed by atoms with van der Waals surface area (Å²) < 4.78 is 4.83. The van der Waals surface area contributed by atoms with Crippen LogP contribution in [0.3, 0.4) is 0 Å². The van der Waals surface area contributed by atoms with Crippen LogP contribution < -0.4 is 0 Å². The van der Waals surface area contributed by atoms with Gasteiger partial charge in [-0.05, 0) is 211 Å². The number of fused-ring (bicyclic) bond motifs is 8. The van der Waals surface area contributed by atoms with Gasteiger partial charge in [0.15, 0.2) is 0 Å². The second-order valence-electron chi connectivity index (χ2n) is 23.6. The number of hydrogen-bond donors (Lipinski definition) is 0. The van der Waals surface area contributed by atoms with Gasteiger partial charge in [-0.15, -0.1) is 0 Å². The van der Waals surface area contributed by atoms with E-state index in [1.54, 1.807) is 0 Å². The Morgan fingerprint density at radius 1 is 0.250 bits per heavy atom. The first-order chi connectivity index (χ1) is 36.6. The second kappa shape index (κ2) is 17.6. The van der Waals surface area contributed by atoms with Gasteiger partial charge in [-0.25, -0.2) is 0 Å². The molecule has 2 heteroatoms. The maximum Gasteiger partial charge on any atom is 0.0541 e. The lowest BCUT2D eigenvalue weighted by Crippen LogP contribution is -2.10. The summed E-state index contributed by atoms with van der Waals surface area (Å²) in [4.78, 5) is 0. The highest BCUT2D eigenvalue weighted by Gasteiger charge is 2.23. The van der Waals surface area contributed by atoms with E-state index in [0.29, 0.717) is 0 Å². The molecule has 2 nitrogen and oxygen atoms in total. The third-order valence-corrected chi connectivity index (χ3v) is 16.6. The Hall–Kier alpha value is -8.46. The van der Waals surface area contributed by atoms with E-state index in [1.165, 1.54) is 154 Å². The van der Waals surface area contributed by atoms with Gasteiger partial charge in [0.05, 0.1) is 22.1 Å². The highest BCUT2D eigenvalue weighted by atomic mass is 15.0. The van der Waals surface area contributed by atoms with Crippen molar-refractivity contribution in [2.75, 3.05) is 0 Å². The van der Waals surface area contributed by atoms with Gasteiger partial charge in [0, 0.05) is 32.9 Å². The van der Waals surface area contributed by atoms with Gasteiger partial charge in [-0.1, -0.05) is 175 Å². The molecule has 2 heterocycles. The summed E-state index contributed by atoms with van der Waals surface area (Å²) >= 11 is 0. The molecule has 76 heavy (non-hydrogen) atoms. The van der Waals surface area contributed by atoms with Gasteiger partial charge >= 0.3 is 0 Å². The largest absolute Gasteiger partial charge is 0.309 e. The number of hydrogen-bond acceptors (Lipinski definition) is 0. The van der Waals surface area contributed by atoms with Crippen LogP contribution >= 0.6 is 0 Å². The minimum absolute atomic E-state index is 0.0376. The molecule has 0 aliphatic rings. The number of nitrogens with zero attached hydrogens (tertiary/aromatic N) is 2. The predicted molar refractivity (Wildman–Crippen MR) is 328 cm³/mol. The fraction of sp³-hybridized carbons (Fsp3) is 0.162. The molecule has 0 atom stereocenters. The highest BCUT2D eigenvalue weighted by Crippen LogP contribution is 2.47. The summed E-state index contributed by atoms with van der Waals surface area (Å²) in [6.45, 7) is 22.8. The molecular weight excluding hydrogens is 917 g/mol. The van der Waals surface area contributed by atoms with Crippen molar-refractivity contribution >= 4 is 65.2 Å².